The molecule has 0 unspecified atom stereocenters. The maximum absolute atomic E-state index is 12.3. The summed E-state index contributed by atoms with van der Waals surface area (Å²) in [5.41, 5.74) is 5.72. The fourth-order valence-electron chi connectivity index (χ4n) is 2.36. The van der Waals surface area contributed by atoms with E-state index in [4.69, 9.17) is 5.73 Å². The number of phenols is 2. The van der Waals surface area contributed by atoms with Crippen LogP contribution in [-0.4, -0.2) is 65.2 Å². The number of nitrogens with two attached hydrogens (primary N) is 1. The smallest absolute Gasteiger partial charge is 0.257 e. The Morgan fingerprint density at radius 2 is 1.90 bits per heavy atom. The molecule has 110 valence electrons. The molecule has 1 amide bonds. The molecule has 1 saturated heterocycles. The number of piperazine rings is 1. The molecule has 0 aliphatic carbocycles. The van der Waals surface area contributed by atoms with Crippen molar-refractivity contribution in [2.75, 3.05) is 39.3 Å². The van der Waals surface area contributed by atoms with Crippen LogP contribution in [0, 0.1) is 0 Å². The molecule has 1 aromatic rings. The Bertz CT molecular complexity index is 471. The minimum Gasteiger partial charge on any atom is -0.508 e. The fourth-order valence-corrected chi connectivity index (χ4v) is 2.36. The van der Waals surface area contributed by atoms with E-state index < -0.39 is 0 Å². The molecule has 20 heavy (non-hydrogen) atoms. The second-order valence-corrected chi connectivity index (χ2v) is 4.98. The fraction of sp³-hybridized carbons (Fsp3) is 0.500. The van der Waals surface area contributed by atoms with E-state index in [1.807, 2.05) is 0 Å². The number of amides is 1. The Kier molecular flexibility index (Phi) is 4.81. The summed E-state index contributed by atoms with van der Waals surface area (Å²) in [6, 6.07) is 4.04. The SMILES string of the molecule is NCCCN1CCN(C(=O)c2ccc(O)cc2O)CC1. The molecule has 1 heterocycles. The molecular weight excluding hydrogens is 258 g/mol. The molecular formula is C14H21N3O3. The zero-order chi connectivity index (χ0) is 14.5. The van der Waals surface area contributed by atoms with Crippen molar-refractivity contribution >= 4 is 5.91 Å². The van der Waals surface area contributed by atoms with Gasteiger partial charge in [0.2, 0.25) is 0 Å². The third-order valence-electron chi connectivity index (χ3n) is 3.55. The molecule has 1 fully saturated rings. The normalized spacial score (nSPS) is 16.4. The molecule has 2 rings (SSSR count). The van der Waals surface area contributed by atoms with Gasteiger partial charge in [0.25, 0.3) is 5.91 Å². The summed E-state index contributed by atoms with van der Waals surface area (Å²) in [4.78, 5) is 16.3. The molecule has 0 saturated carbocycles. The maximum atomic E-state index is 12.3. The molecule has 4 N–H and O–H groups in total. The second-order valence-electron chi connectivity index (χ2n) is 4.98. The summed E-state index contributed by atoms with van der Waals surface area (Å²) < 4.78 is 0. The summed E-state index contributed by atoms with van der Waals surface area (Å²) in [5.74, 6) is -0.424. The highest BCUT2D eigenvalue weighted by atomic mass is 16.3. The topological polar surface area (TPSA) is 90.0 Å². The van der Waals surface area contributed by atoms with Gasteiger partial charge in [-0.05, 0) is 31.6 Å². The average Bonchev–Trinajstić information content (AvgIpc) is 2.45. The monoisotopic (exact) mass is 279 g/mol. The number of carbonyl (C=O) groups excluding carboxylic acids is 1. The Morgan fingerprint density at radius 1 is 1.20 bits per heavy atom. The standard InChI is InChI=1S/C14H21N3O3/c15-4-1-5-16-6-8-17(9-7-16)14(20)12-3-2-11(18)10-13(12)19/h2-3,10,18-19H,1,4-9,15H2. The van der Waals surface area contributed by atoms with Gasteiger partial charge in [0.05, 0.1) is 5.56 Å². The first-order valence-electron chi connectivity index (χ1n) is 6.85. The third kappa shape index (κ3) is 3.40. The quantitative estimate of drug-likeness (QED) is 0.733. The van der Waals surface area contributed by atoms with E-state index in [0.717, 1.165) is 26.1 Å². The molecule has 0 aromatic heterocycles. The van der Waals surface area contributed by atoms with Crippen LogP contribution in [0.3, 0.4) is 0 Å². The van der Waals surface area contributed by atoms with Crippen LogP contribution in [0.1, 0.15) is 16.8 Å². The Hall–Kier alpha value is -1.79. The van der Waals surface area contributed by atoms with E-state index >= 15 is 0 Å². The van der Waals surface area contributed by atoms with Gasteiger partial charge in [-0.15, -0.1) is 0 Å². The number of rotatable bonds is 4. The van der Waals surface area contributed by atoms with Crippen molar-refractivity contribution in [3.8, 4) is 11.5 Å². The number of nitrogens with zero attached hydrogens (tertiary/aromatic N) is 2. The highest BCUT2D eigenvalue weighted by molar-refractivity contribution is 5.97. The summed E-state index contributed by atoms with van der Waals surface area (Å²) in [5, 5.41) is 19.0. The number of hydrogen-bond donors (Lipinski definition) is 3. The lowest BCUT2D eigenvalue weighted by atomic mass is 10.1. The van der Waals surface area contributed by atoms with Crippen LogP contribution in [0.5, 0.6) is 11.5 Å². The van der Waals surface area contributed by atoms with Gasteiger partial charge in [-0.1, -0.05) is 0 Å². The zero-order valence-corrected chi connectivity index (χ0v) is 11.5. The van der Waals surface area contributed by atoms with Crippen LogP contribution < -0.4 is 5.73 Å². The Morgan fingerprint density at radius 3 is 2.50 bits per heavy atom. The number of benzene rings is 1. The number of phenolic OH excluding ortho intramolecular Hbond substituents is 2. The molecule has 0 radical (unpaired) electrons. The van der Waals surface area contributed by atoms with Gasteiger partial charge < -0.3 is 20.8 Å². The van der Waals surface area contributed by atoms with Crippen molar-refractivity contribution in [2.24, 2.45) is 5.73 Å². The third-order valence-corrected chi connectivity index (χ3v) is 3.55. The van der Waals surface area contributed by atoms with Crippen molar-refractivity contribution < 1.29 is 15.0 Å². The molecule has 1 aliphatic rings. The summed E-state index contributed by atoms with van der Waals surface area (Å²) in [6.45, 7) is 4.58. The molecule has 1 aromatic carbocycles. The lowest BCUT2D eigenvalue weighted by Crippen LogP contribution is -2.49. The summed E-state index contributed by atoms with van der Waals surface area (Å²) >= 11 is 0. The van der Waals surface area contributed by atoms with Gasteiger partial charge in [-0.2, -0.15) is 0 Å². The largest absolute Gasteiger partial charge is 0.508 e. The van der Waals surface area contributed by atoms with E-state index in [-0.39, 0.29) is 23.0 Å². The Balaban J connectivity index is 1.94. The number of aromatic hydroxyl groups is 2. The van der Waals surface area contributed by atoms with E-state index in [1.165, 1.54) is 18.2 Å². The van der Waals surface area contributed by atoms with Crippen LogP contribution in [0.4, 0.5) is 0 Å². The zero-order valence-electron chi connectivity index (χ0n) is 11.5. The first-order valence-corrected chi connectivity index (χ1v) is 6.85. The van der Waals surface area contributed by atoms with Crippen LogP contribution in [-0.2, 0) is 0 Å². The first-order chi connectivity index (χ1) is 9.61. The summed E-state index contributed by atoms with van der Waals surface area (Å²) in [6.07, 6.45) is 0.965. The van der Waals surface area contributed by atoms with Gasteiger partial charge >= 0.3 is 0 Å². The van der Waals surface area contributed by atoms with E-state index in [9.17, 15) is 15.0 Å². The summed E-state index contributed by atoms with van der Waals surface area (Å²) in [7, 11) is 0. The van der Waals surface area contributed by atoms with Crippen LogP contribution >= 0.6 is 0 Å². The van der Waals surface area contributed by atoms with Crippen molar-refractivity contribution in [1.82, 2.24) is 9.80 Å². The highest BCUT2D eigenvalue weighted by Crippen LogP contribution is 2.24. The predicted molar refractivity (Wildman–Crippen MR) is 75.8 cm³/mol. The van der Waals surface area contributed by atoms with Crippen LogP contribution in [0.25, 0.3) is 0 Å². The molecule has 0 spiro atoms. The lowest BCUT2D eigenvalue weighted by molar-refractivity contribution is 0.0634. The van der Waals surface area contributed by atoms with Gasteiger partial charge in [0, 0.05) is 32.2 Å². The maximum Gasteiger partial charge on any atom is 0.257 e. The van der Waals surface area contributed by atoms with Crippen molar-refractivity contribution in [3.63, 3.8) is 0 Å². The van der Waals surface area contributed by atoms with Crippen LogP contribution in [0.15, 0.2) is 18.2 Å². The molecule has 0 bridgehead atoms. The van der Waals surface area contributed by atoms with Gasteiger partial charge in [0.1, 0.15) is 11.5 Å². The number of hydrogen-bond acceptors (Lipinski definition) is 5. The predicted octanol–water partition coefficient (Wildman–Crippen LogP) is 0.204. The van der Waals surface area contributed by atoms with Crippen LogP contribution in [0.2, 0.25) is 0 Å². The highest BCUT2D eigenvalue weighted by Gasteiger charge is 2.23. The van der Waals surface area contributed by atoms with E-state index in [1.54, 1.807) is 4.90 Å². The molecule has 0 atom stereocenters. The van der Waals surface area contributed by atoms with Gasteiger partial charge in [0.15, 0.2) is 0 Å². The molecule has 1 aliphatic heterocycles. The average molecular weight is 279 g/mol. The van der Waals surface area contributed by atoms with Crippen molar-refractivity contribution in [3.05, 3.63) is 23.8 Å². The van der Waals surface area contributed by atoms with E-state index in [2.05, 4.69) is 4.90 Å². The first kappa shape index (κ1) is 14.6. The molecule has 6 heteroatoms. The number of carbonyl (C=O) groups is 1. The minimum absolute atomic E-state index is 0.0503. The Labute approximate surface area is 118 Å². The molecule has 6 nitrogen and oxygen atoms in total. The van der Waals surface area contributed by atoms with Crippen molar-refractivity contribution in [1.29, 1.82) is 0 Å². The second kappa shape index (κ2) is 6.58. The van der Waals surface area contributed by atoms with E-state index in [0.29, 0.717) is 19.6 Å². The van der Waals surface area contributed by atoms with Gasteiger partial charge in [-0.3, -0.25) is 9.69 Å². The van der Waals surface area contributed by atoms with Crippen molar-refractivity contribution in [2.45, 2.75) is 6.42 Å². The minimum atomic E-state index is -0.194. The lowest BCUT2D eigenvalue weighted by Gasteiger charge is -2.34. The van der Waals surface area contributed by atoms with Gasteiger partial charge in [-0.25, -0.2) is 0 Å².